The van der Waals surface area contributed by atoms with Crippen LogP contribution in [0.5, 0.6) is 0 Å². The van der Waals surface area contributed by atoms with E-state index in [4.69, 9.17) is 0 Å². The number of carbonyl (C=O) groups excluding carboxylic acids is 1. The second kappa shape index (κ2) is 5.92. The summed E-state index contributed by atoms with van der Waals surface area (Å²) in [5.74, 6) is 0. The first kappa shape index (κ1) is 15.4. The number of rotatable bonds is 3. The highest BCUT2D eigenvalue weighted by Crippen LogP contribution is 2.18. The van der Waals surface area contributed by atoms with Gasteiger partial charge >= 0.3 is 11.7 Å². The molecule has 120 valence electrons. The molecule has 0 unspecified atom stereocenters. The maximum atomic E-state index is 12.0. The smallest absolute Gasteiger partial charge is 0.328 e. The van der Waals surface area contributed by atoms with Gasteiger partial charge in [-0.05, 0) is 37.3 Å². The van der Waals surface area contributed by atoms with Crippen molar-refractivity contribution < 1.29 is 4.79 Å². The summed E-state index contributed by atoms with van der Waals surface area (Å²) in [6.07, 6.45) is 0. The maximum absolute atomic E-state index is 12.0. The lowest BCUT2D eigenvalue weighted by molar-refractivity contribution is 0.252. The fourth-order valence-electron chi connectivity index (χ4n) is 2.51. The van der Waals surface area contributed by atoms with Crippen molar-refractivity contribution in [2.24, 2.45) is 14.1 Å². The molecule has 3 aromatic rings. The van der Waals surface area contributed by atoms with Gasteiger partial charge in [0.1, 0.15) is 0 Å². The number of amides is 2. The molecule has 0 aliphatic carbocycles. The Morgan fingerprint density at radius 3 is 2.57 bits per heavy atom. The Bertz CT molecular complexity index is 935. The van der Waals surface area contributed by atoms with Crippen LogP contribution in [0.1, 0.15) is 9.75 Å². The zero-order valence-corrected chi connectivity index (χ0v) is 14.0. The summed E-state index contributed by atoms with van der Waals surface area (Å²) in [5, 5.41) is 5.62. The van der Waals surface area contributed by atoms with Crippen LogP contribution in [0.25, 0.3) is 11.0 Å². The lowest BCUT2D eigenvalue weighted by Crippen LogP contribution is -2.27. The quantitative estimate of drug-likeness (QED) is 0.775. The molecule has 6 nitrogen and oxygen atoms in total. The summed E-state index contributed by atoms with van der Waals surface area (Å²) in [5.41, 5.74) is 2.18. The summed E-state index contributed by atoms with van der Waals surface area (Å²) in [6, 6.07) is 9.18. The average Bonchev–Trinajstić information content (AvgIpc) is 3.04. The molecule has 0 fully saturated rings. The Labute approximate surface area is 137 Å². The van der Waals surface area contributed by atoms with Crippen molar-refractivity contribution in [3.05, 3.63) is 50.6 Å². The fraction of sp³-hybridized carbons (Fsp3) is 0.250. The van der Waals surface area contributed by atoms with E-state index < -0.39 is 0 Å². The molecule has 23 heavy (non-hydrogen) atoms. The number of benzene rings is 1. The van der Waals surface area contributed by atoms with Crippen molar-refractivity contribution in [1.29, 1.82) is 0 Å². The molecule has 0 radical (unpaired) electrons. The van der Waals surface area contributed by atoms with E-state index in [1.54, 1.807) is 46.7 Å². The summed E-state index contributed by atoms with van der Waals surface area (Å²) in [4.78, 5) is 26.2. The third-order valence-electron chi connectivity index (χ3n) is 3.75. The van der Waals surface area contributed by atoms with Crippen molar-refractivity contribution in [2.45, 2.75) is 13.5 Å². The minimum atomic E-state index is -0.267. The number of carbonyl (C=O) groups is 1. The first-order valence-electron chi connectivity index (χ1n) is 7.21. The van der Waals surface area contributed by atoms with Gasteiger partial charge in [-0.1, -0.05) is 0 Å². The van der Waals surface area contributed by atoms with Crippen LogP contribution in [0.2, 0.25) is 0 Å². The first-order valence-corrected chi connectivity index (χ1v) is 8.03. The van der Waals surface area contributed by atoms with Gasteiger partial charge in [0.05, 0.1) is 17.6 Å². The van der Waals surface area contributed by atoms with E-state index >= 15 is 0 Å². The largest absolute Gasteiger partial charge is 0.333 e. The molecule has 2 aromatic heterocycles. The summed E-state index contributed by atoms with van der Waals surface area (Å²) in [7, 11) is 3.45. The fourth-order valence-corrected chi connectivity index (χ4v) is 3.34. The van der Waals surface area contributed by atoms with Gasteiger partial charge in [-0.25, -0.2) is 9.59 Å². The summed E-state index contributed by atoms with van der Waals surface area (Å²) >= 11 is 1.66. The average molecular weight is 330 g/mol. The van der Waals surface area contributed by atoms with Crippen molar-refractivity contribution in [3.8, 4) is 0 Å². The third-order valence-corrected chi connectivity index (χ3v) is 4.75. The van der Waals surface area contributed by atoms with Crippen LogP contribution < -0.4 is 16.3 Å². The lowest BCUT2D eigenvalue weighted by Gasteiger charge is -2.07. The predicted octanol–water partition coefficient (Wildman–Crippen LogP) is 2.57. The van der Waals surface area contributed by atoms with Crippen LogP contribution in [0, 0.1) is 6.92 Å². The number of urea groups is 1. The van der Waals surface area contributed by atoms with Crippen LogP contribution in [-0.2, 0) is 20.6 Å². The molecule has 0 saturated heterocycles. The van der Waals surface area contributed by atoms with Gasteiger partial charge in [0.15, 0.2) is 0 Å². The molecular weight excluding hydrogens is 312 g/mol. The topological polar surface area (TPSA) is 68.1 Å². The molecule has 0 aliphatic heterocycles. The van der Waals surface area contributed by atoms with Crippen molar-refractivity contribution in [2.75, 3.05) is 5.32 Å². The highest BCUT2D eigenvalue weighted by atomic mass is 32.1. The molecule has 3 rings (SSSR count). The number of aromatic nitrogens is 2. The Balaban J connectivity index is 1.72. The molecule has 0 bridgehead atoms. The number of imidazole rings is 1. The van der Waals surface area contributed by atoms with E-state index in [2.05, 4.69) is 10.6 Å². The molecule has 0 atom stereocenters. The molecular formula is C16H18N4O2S. The number of hydrogen-bond donors (Lipinski definition) is 2. The van der Waals surface area contributed by atoms with Crippen molar-refractivity contribution in [3.63, 3.8) is 0 Å². The van der Waals surface area contributed by atoms with Gasteiger partial charge in [0.25, 0.3) is 0 Å². The number of nitrogens with zero attached hydrogens (tertiary/aromatic N) is 2. The van der Waals surface area contributed by atoms with Gasteiger partial charge in [-0.2, -0.15) is 0 Å². The number of nitrogens with one attached hydrogen (secondary N) is 2. The van der Waals surface area contributed by atoms with Crippen LogP contribution >= 0.6 is 11.3 Å². The molecule has 0 saturated carbocycles. The normalized spacial score (nSPS) is 10.9. The van der Waals surface area contributed by atoms with Crippen LogP contribution in [0.4, 0.5) is 10.5 Å². The molecule has 1 aromatic carbocycles. The van der Waals surface area contributed by atoms with Gasteiger partial charge < -0.3 is 10.6 Å². The Hall–Kier alpha value is -2.54. The Morgan fingerprint density at radius 1 is 1.13 bits per heavy atom. The van der Waals surface area contributed by atoms with Crippen LogP contribution in [-0.4, -0.2) is 15.2 Å². The minimum Gasteiger partial charge on any atom is -0.333 e. The number of fused-ring (bicyclic) bond motifs is 1. The SMILES string of the molecule is Cc1ccc(CNC(=O)Nc2ccc3c(c2)n(C)c(=O)n3C)s1. The lowest BCUT2D eigenvalue weighted by atomic mass is 10.2. The highest BCUT2D eigenvalue weighted by Gasteiger charge is 2.09. The number of anilines is 1. The van der Waals surface area contributed by atoms with E-state index in [0.29, 0.717) is 12.2 Å². The molecule has 0 aliphatic rings. The van der Waals surface area contributed by atoms with Crippen LogP contribution in [0.15, 0.2) is 35.1 Å². The number of aryl methyl sites for hydroxylation is 3. The zero-order valence-electron chi connectivity index (χ0n) is 13.2. The molecule has 7 heteroatoms. The van der Waals surface area contributed by atoms with Crippen molar-refractivity contribution in [1.82, 2.24) is 14.5 Å². The summed E-state index contributed by atoms with van der Waals surface area (Å²) in [6.45, 7) is 2.53. The predicted molar refractivity (Wildman–Crippen MR) is 93.1 cm³/mol. The monoisotopic (exact) mass is 330 g/mol. The van der Waals surface area contributed by atoms with Gasteiger partial charge in [-0.15, -0.1) is 11.3 Å². The van der Waals surface area contributed by atoms with Gasteiger partial charge in [0, 0.05) is 29.5 Å². The van der Waals surface area contributed by atoms with Gasteiger partial charge in [0.2, 0.25) is 0 Å². The third kappa shape index (κ3) is 3.00. The number of thiophene rings is 1. The molecule has 2 heterocycles. The summed E-state index contributed by atoms with van der Waals surface area (Å²) < 4.78 is 3.14. The number of hydrogen-bond acceptors (Lipinski definition) is 3. The van der Waals surface area contributed by atoms with Gasteiger partial charge in [-0.3, -0.25) is 9.13 Å². The standard InChI is InChI=1S/C16H18N4O2S/c1-10-4-6-12(23-10)9-17-15(21)18-11-5-7-13-14(8-11)20(3)16(22)19(13)2/h4-8H,9H2,1-3H3,(H2,17,18,21). The van der Waals surface area contributed by atoms with E-state index in [-0.39, 0.29) is 11.7 Å². The molecule has 0 spiro atoms. The molecule has 2 N–H and O–H groups in total. The second-order valence-electron chi connectivity index (χ2n) is 5.42. The highest BCUT2D eigenvalue weighted by molar-refractivity contribution is 7.11. The first-order chi connectivity index (χ1) is 11.0. The van der Waals surface area contributed by atoms with E-state index in [0.717, 1.165) is 15.9 Å². The van der Waals surface area contributed by atoms with E-state index in [1.165, 1.54) is 4.88 Å². The van der Waals surface area contributed by atoms with E-state index in [9.17, 15) is 9.59 Å². The Morgan fingerprint density at radius 2 is 1.87 bits per heavy atom. The van der Waals surface area contributed by atoms with E-state index in [1.807, 2.05) is 25.1 Å². The molecule has 2 amide bonds. The second-order valence-corrected chi connectivity index (χ2v) is 6.80. The maximum Gasteiger partial charge on any atom is 0.328 e. The zero-order chi connectivity index (χ0) is 16.6. The minimum absolute atomic E-state index is 0.0883. The van der Waals surface area contributed by atoms with Crippen LogP contribution in [0.3, 0.4) is 0 Å². The Kier molecular flexibility index (Phi) is 3.96. The van der Waals surface area contributed by atoms with Crippen molar-refractivity contribution >= 4 is 34.1 Å².